The highest BCUT2D eigenvalue weighted by molar-refractivity contribution is 7.11. The Bertz CT molecular complexity index is 526. The van der Waals surface area contributed by atoms with Gasteiger partial charge in [0.05, 0.1) is 12.2 Å². The molecule has 0 bridgehead atoms. The second-order valence-corrected chi connectivity index (χ2v) is 3.96. The Kier molecular flexibility index (Phi) is 3.15. The highest BCUT2D eigenvalue weighted by Crippen LogP contribution is 2.26. The highest BCUT2D eigenvalue weighted by atomic mass is 32.1. The second-order valence-electron chi connectivity index (χ2n) is 3.19. The van der Waals surface area contributed by atoms with Crippen LogP contribution in [0.3, 0.4) is 0 Å². The molecule has 0 saturated heterocycles. The first-order valence-corrected chi connectivity index (χ1v) is 5.49. The van der Waals surface area contributed by atoms with Gasteiger partial charge in [-0.1, -0.05) is 0 Å². The second kappa shape index (κ2) is 4.74. The van der Waals surface area contributed by atoms with Crippen LogP contribution in [-0.2, 0) is 6.54 Å². The van der Waals surface area contributed by atoms with Gasteiger partial charge in [-0.25, -0.2) is 9.97 Å². The average Bonchev–Trinajstić information content (AvgIpc) is 2.69. The molecule has 2 heterocycles. The number of anilines is 2. The molecule has 2 aromatic heterocycles. The quantitative estimate of drug-likeness (QED) is 0.714. The Balaban J connectivity index is 2.12. The van der Waals surface area contributed by atoms with Gasteiger partial charge in [0.25, 0.3) is 5.91 Å². The van der Waals surface area contributed by atoms with Crippen molar-refractivity contribution >= 4 is 28.3 Å². The van der Waals surface area contributed by atoms with Gasteiger partial charge < -0.3 is 16.8 Å². The van der Waals surface area contributed by atoms with Gasteiger partial charge >= 0.3 is 0 Å². The first-order chi connectivity index (χ1) is 8.18. The molecule has 0 spiro atoms. The molecular formula is C9H10N6OS. The SMILES string of the molecule is NC(=O)c1c(N)nsc1NCc1ccncn1. The monoisotopic (exact) mass is 250 g/mol. The normalized spacial score (nSPS) is 10.1. The van der Waals surface area contributed by atoms with Crippen molar-refractivity contribution in [3.05, 3.63) is 29.8 Å². The lowest BCUT2D eigenvalue weighted by Crippen LogP contribution is -2.14. The van der Waals surface area contributed by atoms with Crippen LogP contribution in [0.5, 0.6) is 0 Å². The maximum absolute atomic E-state index is 11.2. The third-order valence-corrected chi connectivity index (χ3v) is 2.86. The summed E-state index contributed by atoms with van der Waals surface area (Å²) in [6.45, 7) is 0.449. The average molecular weight is 250 g/mol. The molecule has 0 aliphatic carbocycles. The van der Waals surface area contributed by atoms with E-state index < -0.39 is 5.91 Å². The van der Waals surface area contributed by atoms with Crippen molar-refractivity contribution in [1.82, 2.24) is 14.3 Å². The summed E-state index contributed by atoms with van der Waals surface area (Å²) < 4.78 is 3.87. The fourth-order valence-corrected chi connectivity index (χ4v) is 1.97. The molecule has 1 amide bonds. The molecular weight excluding hydrogens is 240 g/mol. The molecule has 0 unspecified atom stereocenters. The van der Waals surface area contributed by atoms with Crippen molar-refractivity contribution in [2.24, 2.45) is 5.73 Å². The van der Waals surface area contributed by atoms with Crippen molar-refractivity contribution < 1.29 is 4.79 Å². The summed E-state index contributed by atoms with van der Waals surface area (Å²) >= 11 is 1.09. The van der Waals surface area contributed by atoms with E-state index in [1.165, 1.54) is 6.33 Å². The Labute approximate surface area is 101 Å². The molecule has 8 heteroatoms. The van der Waals surface area contributed by atoms with E-state index in [4.69, 9.17) is 11.5 Å². The highest BCUT2D eigenvalue weighted by Gasteiger charge is 2.16. The van der Waals surface area contributed by atoms with Crippen molar-refractivity contribution in [2.75, 3.05) is 11.1 Å². The standard InChI is InChI=1S/C9H10N6OS/c10-7-6(8(11)16)9(17-15-7)13-3-5-1-2-12-4-14-5/h1-2,4,13H,3H2,(H2,10,15)(H2,11,16). The molecule has 0 aliphatic rings. The first-order valence-electron chi connectivity index (χ1n) is 4.72. The van der Waals surface area contributed by atoms with Gasteiger partial charge in [-0.3, -0.25) is 4.79 Å². The van der Waals surface area contributed by atoms with Crippen molar-refractivity contribution in [3.63, 3.8) is 0 Å². The topological polar surface area (TPSA) is 120 Å². The van der Waals surface area contributed by atoms with E-state index in [-0.39, 0.29) is 11.4 Å². The zero-order valence-electron chi connectivity index (χ0n) is 8.75. The van der Waals surface area contributed by atoms with Crippen LogP contribution >= 0.6 is 11.5 Å². The summed E-state index contributed by atoms with van der Waals surface area (Å²) in [6, 6.07) is 1.77. The molecule has 5 N–H and O–H groups in total. The summed E-state index contributed by atoms with van der Waals surface area (Å²) in [5.41, 5.74) is 11.8. The van der Waals surface area contributed by atoms with Crippen LogP contribution in [0.2, 0.25) is 0 Å². The van der Waals surface area contributed by atoms with Gasteiger partial charge in [0.15, 0.2) is 5.82 Å². The largest absolute Gasteiger partial charge is 0.382 e. The van der Waals surface area contributed by atoms with E-state index in [9.17, 15) is 4.79 Å². The van der Waals surface area contributed by atoms with E-state index in [1.54, 1.807) is 12.3 Å². The predicted octanol–water partition coefficient (Wildman–Crippen LogP) is 0.226. The van der Waals surface area contributed by atoms with Crippen molar-refractivity contribution in [2.45, 2.75) is 6.54 Å². The molecule has 0 saturated carbocycles. The Morgan fingerprint density at radius 3 is 3.00 bits per heavy atom. The minimum atomic E-state index is -0.596. The Morgan fingerprint density at radius 2 is 2.35 bits per heavy atom. The lowest BCUT2D eigenvalue weighted by atomic mass is 10.3. The van der Waals surface area contributed by atoms with E-state index >= 15 is 0 Å². The van der Waals surface area contributed by atoms with Gasteiger partial charge in [0.1, 0.15) is 16.9 Å². The minimum Gasteiger partial charge on any atom is -0.382 e. The maximum Gasteiger partial charge on any atom is 0.255 e. The van der Waals surface area contributed by atoms with Crippen LogP contribution in [0, 0.1) is 0 Å². The van der Waals surface area contributed by atoms with Crippen LogP contribution < -0.4 is 16.8 Å². The Morgan fingerprint density at radius 1 is 1.53 bits per heavy atom. The molecule has 2 rings (SSSR count). The third kappa shape index (κ3) is 2.48. The summed E-state index contributed by atoms with van der Waals surface area (Å²) in [5, 5.41) is 3.57. The lowest BCUT2D eigenvalue weighted by molar-refractivity contribution is 0.100. The number of primary amides is 1. The molecule has 0 atom stereocenters. The molecule has 2 aromatic rings. The number of carbonyl (C=O) groups excluding carboxylic acids is 1. The van der Waals surface area contributed by atoms with Crippen LogP contribution in [0.4, 0.5) is 10.8 Å². The van der Waals surface area contributed by atoms with E-state index in [1.807, 2.05) is 0 Å². The van der Waals surface area contributed by atoms with Crippen molar-refractivity contribution in [3.8, 4) is 0 Å². The number of nitrogens with one attached hydrogen (secondary N) is 1. The zero-order valence-corrected chi connectivity index (χ0v) is 9.57. The fraction of sp³-hybridized carbons (Fsp3) is 0.111. The minimum absolute atomic E-state index is 0.146. The smallest absolute Gasteiger partial charge is 0.255 e. The van der Waals surface area contributed by atoms with Crippen LogP contribution in [0.15, 0.2) is 18.6 Å². The number of aromatic nitrogens is 3. The van der Waals surface area contributed by atoms with E-state index in [0.717, 1.165) is 17.2 Å². The number of rotatable bonds is 4. The fourth-order valence-electron chi connectivity index (χ4n) is 1.25. The number of nitrogens with two attached hydrogens (primary N) is 2. The molecule has 0 aromatic carbocycles. The van der Waals surface area contributed by atoms with Gasteiger partial charge in [-0.2, -0.15) is 4.37 Å². The first kappa shape index (κ1) is 11.3. The number of nitrogen functional groups attached to an aromatic ring is 1. The number of hydrogen-bond acceptors (Lipinski definition) is 7. The molecule has 17 heavy (non-hydrogen) atoms. The zero-order chi connectivity index (χ0) is 12.3. The van der Waals surface area contributed by atoms with Gasteiger partial charge in [-0.05, 0) is 17.6 Å². The predicted molar refractivity (Wildman–Crippen MR) is 64.4 cm³/mol. The molecule has 0 fully saturated rings. The van der Waals surface area contributed by atoms with E-state index in [0.29, 0.717) is 11.5 Å². The molecule has 0 radical (unpaired) electrons. The summed E-state index contributed by atoms with van der Waals surface area (Å²) in [5.74, 6) is -0.450. The number of hydrogen-bond donors (Lipinski definition) is 3. The Hall–Kier alpha value is -2.22. The summed E-state index contributed by atoms with van der Waals surface area (Å²) in [7, 11) is 0. The van der Waals surface area contributed by atoms with Gasteiger partial charge in [0.2, 0.25) is 0 Å². The third-order valence-electron chi connectivity index (χ3n) is 2.04. The summed E-state index contributed by atoms with van der Waals surface area (Å²) in [6.07, 6.45) is 3.09. The van der Waals surface area contributed by atoms with Gasteiger partial charge in [0, 0.05) is 6.20 Å². The molecule has 88 valence electrons. The number of nitrogens with zero attached hydrogens (tertiary/aromatic N) is 3. The van der Waals surface area contributed by atoms with Crippen LogP contribution in [0.25, 0.3) is 0 Å². The maximum atomic E-state index is 11.2. The number of carbonyl (C=O) groups is 1. The van der Waals surface area contributed by atoms with E-state index in [2.05, 4.69) is 19.7 Å². The van der Waals surface area contributed by atoms with Crippen LogP contribution in [-0.4, -0.2) is 20.2 Å². The van der Waals surface area contributed by atoms with Gasteiger partial charge in [-0.15, -0.1) is 0 Å². The van der Waals surface area contributed by atoms with Crippen molar-refractivity contribution in [1.29, 1.82) is 0 Å². The summed E-state index contributed by atoms with van der Waals surface area (Å²) in [4.78, 5) is 19.0. The number of amides is 1. The molecule has 0 aliphatic heterocycles. The van der Waals surface area contributed by atoms with Crippen LogP contribution in [0.1, 0.15) is 16.1 Å². The lowest BCUT2D eigenvalue weighted by Gasteiger charge is -2.03. The molecule has 7 nitrogen and oxygen atoms in total.